The van der Waals surface area contributed by atoms with Gasteiger partial charge in [-0.1, -0.05) is 18.2 Å². The largest absolute Gasteiger partial charge is 0.368 e. The molecule has 26 heavy (non-hydrogen) atoms. The zero-order valence-electron chi connectivity index (χ0n) is 15.1. The molecule has 4 rings (SSSR count). The van der Waals surface area contributed by atoms with Crippen LogP contribution in [0, 0.1) is 12.3 Å². The summed E-state index contributed by atoms with van der Waals surface area (Å²) in [5, 5.41) is 9.17. The zero-order valence-corrected chi connectivity index (χ0v) is 15.1. The van der Waals surface area contributed by atoms with E-state index < -0.39 is 0 Å². The number of primary amides is 1. The highest BCUT2D eigenvalue weighted by Crippen LogP contribution is 2.46. The minimum Gasteiger partial charge on any atom is -0.368 e. The van der Waals surface area contributed by atoms with E-state index in [1.165, 1.54) is 23.8 Å². The monoisotopic (exact) mass is 351 g/mol. The fourth-order valence-electron chi connectivity index (χ4n) is 3.84. The molecule has 1 aromatic carbocycles. The van der Waals surface area contributed by atoms with E-state index in [0.29, 0.717) is 5.41 Å². The van der Waals surface area contributed by atoms with Gasteiger partial charge in [-0.05, 0) is 37.5 Å². The van der Waals surface area contributed by atoms with Gasteiger partial charge in [-0.15, -0.1) is 0 Å². The fraction of sp³-hybridized carbons (Fsp3) is 0.400. The average Bonchev–Trinajstić information content (AvgIpc) is 3.08. The van der Waals surface area contributed by atoms with Crippen molar-refractivity contribution in [3.8, 4) is 0 Å². The second-order valence-electron chi connectivity index (χ2n) is 7.44. The van der Waals surface area contributed by atoms with Crippen molar-refractivity contribution < 1.29 is 4.79 Å². The molecule has 2 heterocycles. The lowest BCUT2D eigenvalue weighted by Crippen LogP contribution is -2.27. The summed E-state index contributed by atoms with van der Waals surface area (Å²) in [6.07, 6.45) is 6.34. The predicted octanol–water partition coefficient (Wildman–Crippen LogP) is 2.20. The lowest BCUT2D eigenvalue weighted by atomic mass is 10.1. The second-order valence-corrected chi connectivity index (χ2v) is 7.44. The molecule has 0 aliphatic heterocycles. The number of para-hydroxylation sites is 1. The van der Waals surface area contributed by atoms with E-state index in [2.05, 4.69) is 29.5 Å². The predicted molar refractivity (Wildman–Crippen MR) is 101 cm³/mol. The summed E-state index contributed by atoms with van der Waals surface area (Å²) in [5.74, 6) is -0.315. The Morgan fingerprint density at radius 3 is 2.81 bits per heavy atom. The van der Waals surface area contributed by atoms with E-state index in [-0.39, 0.29) is 12.5 Å². The third kappa shape index (κ3) is 3.24. The molecule has 0 unspecified atom stereocenters. The summed E-state index contributed by atoms with van der Waals surface area (Å²) in [4.78, 5) is 11.5. The van der Waals surface area contributed by atoms with Crippen LogP contribution in [0.4, 0.5) is 0 Å². The van der Waals surface area contributed by atoms with Crippen molar-refractivity contribution in [3.05, 3.63) is 54.0 Å². The summed E-state index contributed by atoms with van der Waals surface area (Å²) >= 11 is 0. The van der Waals surface area contributed by atoms with Gasteiger partial charge in [-0.25, -0.2) is 0 Å². The molecule has 1 aliphatic carbocycles. The molecule has 0 atom stereocenters. The average molecular weight is 351 g/mol. The number of nitrogens with zero attached hydrogens (tertiary/aromatic N) is 3. The van der Waals surface area contributed by atoms with E-state index in [1.807, 2.05) is 39.8 Å². The van der Waals surface area contributed by atoms with Crippen molar-refractivity contribution >= 4 is 16.8 Å². The molecule has 3 aromatic rings. The molecular formula is C20H25N5O. The number of hydrogen-bond donors (Lipinski definition) is 2. The number of nitrogens with two attached hydrogens (primary N) is 1. The van der Waals surface area contributed by atoms with Gasteiger partial charge in [0, 0.05) is 54.0 Å². The van der Waals surface area contributed by atoms with Crippen molar-refractivity contribution in [2.45, 2.75) is 39.4 Å². The molecular weight excluding hydrogens is 326 g/mol. The Labute approximate surface area is 153 Å². The summed E-state index contributed by atoms with van der Waals surface area (Å²) in [6, 6.07) is 10.2. The van der Waals surface area contributed by atoms with Gasteiger partial charge in [-0.3, -0.25) is 9.48 Å². The minimum atomic E-state index is -0.315. The Hall–Kier alpha value is -2.60. The van der Waals surface area contributed by atoms with Crippen LogP contribution in [0.1, 0.15) is 24.1 Å². The van der Waals surface area contributed by atoms with Crippen molar-refractivity contribution in [2.75, 3.05) is 6.54 Å². The van der Waals surface area contributed by atoms with Crippen LogP contribution in [0.25, 0.3) is 10.9 Å². The quantitative estimate of drug-likeness (QED) is 0.653. The standard InChI is InChI=1S/C20H25N5O/c1-15-17(16-5-2-3-6-18(16)25(15)12-19(21)26)11-22-13-20(7-8-20)14-24-10-4-9-23-24/h2-6,9-10,22H,7-8,11-14H2,1H3,(H2,21,26). The Balaban J connectivity index is 1.49. The Bertz CT molecular complexity index is 921. The van der Waals surface area contributed by atoms with Crippen molar-refractivity contribution in [1.82, 2.24) is 19.7 Å². The number of rotatable bonds is 8. The lowest BCUT2D eigenvalue weighted by molar-refractivity contribution is -0.118. The van der Waals surface area contributed by atoms with Gasteiger partial charge in [0.1, 0.15) is 6.54 Å². The molecule has 0 bridgehead atoms. The zero-order chi connectivity index (χ0) is 18.1. The van der Waals surface area contributed by atoms with Crippen LogP contribution >= 0.6 is 0 Å². The van der Waals surface area contributed by atoms with Crippen molar-refractivity contribution in [2.24, 2.45) is 11.1 Å². The van der Waals surface area contributed by atoms with E-state index >= 15 is 0 Å². The van der Waals surface area contributed by atoms with Gasteiger partial charge >= 0.3 is 0 Å². The molecule has 1 aliphatic rings. The van der Waals surface area contributed by atoms with Gasteiger partial charge in [-0.2, -0.15) is 5.10 Å². The molecule has 2 aromatic heterocycles. The maximum absolute atomic E-state index is 11.5. The number of benzene rings is 1. The number of nitrogens with one attached hydrogen (secondary N) is 1. The maximum atomic E-state index is 11.5. The van der Waals surface area contributed by atoms with Crippen LogP contribution in [0.2, 0.25) is 0 Å². The third-order valence-corrected chi connectivity index (χ3v) is 5.49. The number of amides is 1. The van der Waals surface area contributed by atoms with E-state index in [4.69, 9.17) is 5.73 Å². The van der Waals surface area contributed by atoms with Crippen LogP contribution in [-0.4, -0.2) is 26.8 Å². The third-order valence-electron chi connectivity index (χ3n) is 5.49. The fourth-order valence-corrected chi connectivity index (χ4v) is 3.84. The molecule has 6 heteroatoms. The Morgan fingerprint density at radius 1 is 1.31 bits per heavy atom. The first kappa shape index (κ1) is 16.8. The molecule has 1 amide bonds. The van der Waals surface area contributed by atoms with E-state index in [9.17, 15) is 4.79 Å². The number of hydrogen-bond acceptors (Lipinski definition) is 3. The first-order chi connectivity index (χ1) is 12.6. The van der Waals surface area contributed by atoms with Gasteiger partial charge in [0.15, 0.2) is 0 Å². The SMILES string of the molecule is Cc1c(CNCC2(Cn3cccn3)CC2)c2ccccc2n1CC(N)=O. The molecule has 6 nitrogen and oxygen atoms in total. The maximum Gasteiger partial charge on any atom is 0.237 e. The highest BCUT2D eigenvalue weighted by Gasteiger charge is 2.42. The molecule has 136 valence electrons. The molecule has 3 N–H and O–H groups in total. The Morgan fingerprint density at radius 2 is 2.12 bits per heavy atom. The van der Waals surface area contributed by atoms with Gasteiger partial charge in [0.2, 0.25) is 5.91 Å². The summed E-state index contributed by atoms with van der Waals surface area (Å²) < 4.78 is 4.05. The highest BCUT2D eigenvalue weighted by molar-refractivity contribution is 5.87. The number of aromatic nitrogens is 3. The normalized spacial score (nSPS) is 15.4. The highest BCUT2D eigenvalue weighted by atomic mass is 16.1. The van der Waals surface area contributed by atoms with Crippen molar-refractivity contribution in [3.63, 3.8) is 0 Å². The number of carbonyl (C=O) groups excluding carboxylic acids is 1. The number of fused-ring (bicyclic) bond motifs is 1. The summed E-state index contributed by atoms with van der Waals surface area (Å²) in [7, 11) is 0. The minimum absolute atomic E-state index is 0.218. The van der Waals surface area contributed by atoms with E-state index in [0.717, 1.165) is 30.8 Å². The molecule has 0 radical (unpaired) electrons. The molecule has 1 fully saturated rings. The molecule has 1 saturated carbocycles. The van der Waals surface area contributed by atoms with Crippen LogP contribution in [0.15, 0.2) is 42.7 Å². The molecule has 0 spiro atoms. The smallest absolute Gasteiger partial charge is 0.237 e. The van der Waals surface area contributed by atoms with Gasteiger partial charge in [0.05, 0.1) is 0 Å². The summed E-state index contributed by atoms with van der Waals surface area (Å²) in [5.41, 5.74) is 9.19. The van der Waals surface area contributed by atoms with Crippen LogP contribution < -0.4 is 11.1 Å². The van der Waals surface area contributed by atoms with Gasteiger partial charge in [0.25, 0.3) is 0 Å². The topological polar surface area (TPSA) is 77.9 Å². The van der Waals surface area contributed by atoms with Gasteiger partial charge < -0.3 is 15.6 Å². The molecule has 0 saturated heterocycles. The van der Waals surface area contributed by atoms with Crippen LogP contribution in [0.3, 0.4) is 0 Å². The van der Waals surface area contributed by atoms with Crippen molar-refractivity contribution in [1.29, 1.82) is 0 Å². The number of carbonyl (C=O) groups is 1. The van der Waals surface area contributed by atoms with Crippen LogP contribution in [0.5, 0.6) is 0 Å². The Kier molecular flexibility index (Phi) is 4.28. The first-order valence-electron chi connectivity index (χ1n) is 9.11. The lowest BCUT2D eigenvalue weighted by Gasteiger charge is -2.16. The first-order valence-corrected chi connectivity index (χ1v) is 9.11. The van der Waals surface area contributed by atoms with E-state index in [1.54, 1.807) is 0 Å². The van der Waals surface area contributed by atoms with Crippen LogP contribution in [-0.2, 0) is 24.4 Å². The summed E-state index contributed by atoms with van der Waals surface area (Å²) in [6.45, 7) is 5.02. The second kappa shape index (κ2) is 6.61.